The van der Waals surface area contributed by atoms with Gasteiger partial charge in [0.2, 0.25) is 5.91 Å². The van der Waals surface area contributed by atoms with Crippen molar-refractivity contribution < 1.29 is 27.6 Å². The van der Waals surface area contributed by atoms with E-state index in [1.54, 1.807) is 91.0 Å². The van der Waals surface area contributed by atoms with E-state index in [4.69, 9.17) is 0 Å². The fourth-order valence-corrected chi connectivity index (χ4v) is 6.06. The zero-order valence-corrected chi connectivity index (χ0v) is 25.6. The predicted molar refractivity (Wildman–Crippen MR) is 176 cm³/mol. The number of nitrogens with one attached hydrogen (secondary N) is 3. The number of thioether (sulfide) groups is 1. The van der Waals surface area contributed by atoms with Crippen molar-refractivity contribution in [1.82, 2.24) is 5.32 Å². The van der Waals surface area contributed by atoms with E-state index in [2.05, 4.69) is 16.0 Å². The molecular formula is C35H26F3N3O3S2. The number of benzene rings is 4. The third-order valence-corrected chi connectivity index (χ3v) is 8.57. The second-order valence-corrected chi connectivity index (χ2v) is 12.0. The molecule has 0 spiro atoms. The quantitative estimate of drug-likeness (QED) is 0.104. The maximum Gasteiger partial charge on any atom is 0.416 e. The number of hydrogen-bond acceptors (Lipinski definition) is 5. The van der Waals surface area contributed by atoms with Crippen molar-refractivity contribution in [2.24, 2.45) is 0 Å². The van der Waals surface area contributed by atoms with Gasteiger partial charge in [0, 0.05) is 26.7 Å². The normalized spacial score (nSPS) is 12.2. The van der Waals surface area contributed by atoms with Crippen LogP contribution in [0.1, 0.15) is 31.6 Å². The second-order valence-electron chi connectivity index (χ2n) is 9.85. The molecule has 4 aromatic carbocycles. The summed E-state index contributed by atoms with van der Waals surface area (Å²) >= 11 is 2.58. The average Bonchev–Trinajstić information content (AvgIpc) is 3.57. The second kappa shape index (κ2) is 14.8. The number of anilines is 2. The third kappa shape index (κ3) is 8.74. The lowest BCUT2D eigenvalue weighted by molar-refractivity contribution is -0.137. The van der Waals surface area contributed by atoms with Gasteiger partial charge in [0.25, 0.3) is 11.8 Å². The predicted octanol–water partition coefficient (Wildman–Crippen LogP) is 8.65. The van der Waals surface area contributed by atoms with Crippen LogP contribution in [0.4, 0.5) is 24.5 Å². The van der Waals surface area contributed by atoms with Crippen LogP contribution >= 0.6 is 23.1 Å². The van der Waals surface area contributed by atoms with E-state index in [9.17, 15) is 27.6 Å². The van der Waals surface area contributed by atoms with Gasteiger partial charge in [0.1, 0.15) is 10.9 Å². The zero-order valence-electron chi connectivity index (χ0n) is 24.0. The minimum Gasteiger partial charge on any atom is -0.325 e. The zero-order chi connectivity index (χ0) is 32.5. The molecule has 0 fully saturated rings. The fraction of sp³-hybridized carbons (Fsp3) is 0.0571. The van der Waals surface area contributed by atoms with Crippen LogP contribution in [0.25, 0.3) is 6.08 Å². The van der Waals surface area contributed by atoms with Crippen LogP contribution in [0.3, 0.4) is 0 Å². The van der Waals surface area contributed by atoms with Gasteiger partial charge in [0.15, 0.2) is 0 Å². The van der Waals surface area contributed by atoms with Gasteiger partial charge in [-0.05, 0) is 71.6 Å². The van der Waals surface area contributed by atoms with Gasteiger partial charge in [0.05, 0.1) is 5.56 Å². The molecule has 1 unspecified atom stereocenters. The van der Waals surface area contributed by atoms with Gasteiger partial charge in [-0.1, -0.05) is 66.7 Å². The Kier molecular flexibility index (Phi) is 10.4. The van der Waals surface area contributed by atoms with Crippen molar-refractivity contribution >= 4 is 58.3 Å². The molecule has 0 aliphatic rings. The Labute approximate surface area is 271 Å². The summed E-state index contributed by atoms with van der Waals surface area (Å²) in [4.78, 5) is 41.2. The van der Waals surface area contributed by atoms with Crippen LogP contribution in [0, 0.1) is 0 Å². The molecule has 3 amide bonds. The maximum atomic E-state index is 13.5. The number of carbonyl (C=O) groups excluding carboxylic acids is 3. The van der Waals surface area contributed by atoms with E-state index < -0.39 is 34.7 Å². The topological polar surface area (TPSA) is 87.3 Å². The molecule has 5 rings (SSSR count). The summed E-state index contributed by atoms with van der Waals surface area (Å²) < 4.78 is 39.8. The van der Waals surface area contributed by atoms with E-state index in [-0.39, 0.29) is 11.4 Å². The van der Waals surface area contributed by atoms with Gasteiger partial charge in [-0.15, -0.1) is 23.1 Å². The summed E-state index contributed by atoms with van der Waals surface area (Å²) in [7, 11) is 0. The first kappa shape index (κ1) is 32.3. The van der Waals surface area contributed by atoms with Crippen molar-refractivity contribution in [1.29, 1.82) is 0 Å². The minimum atomic E-state index is -4.55. The van der Waals surface area contributed by atoms with E-state index in [1.807, 2.05) is 17.5 Å². The molecule has 0 bridgehead atoms. The molecule has 1 atom stereocenters. The third-order valence-electron chi connectivity index (χ3n) is 6.50. The lowest BCUT2D eigenvalue weighted by Gasteiger charge is -2.18. The number of hydrogen-bond donors (Lipinski definition) is 3. The van der Waals surface area contributed by atoms with E-state index in [0.29, 0.717) is 21.7 Å². The van der Waals surface area contributed by atoms with Crippen LogP contribution in [0.15, 0.2) is 137 Å². The first-order chi connectivity index (χ1) is 22.2. The Morgan fingerprint density at radius 3 is 2.09 bits per heavy atom. The molecule has 1 aromatic heterocycles. The summed E-state index contributed by atoms with van der Waals surface area (Å²) in [5, 5.41) is 9.15. The number of halogens is 3. The fourth-order valence-electron chi connectivity index (χ4n) is 4.32. The molecule has 0 saturated heterocycles. The number of alkyl halides is 3. The Morgan fingerprint density at radius 1 is 0.739 bits per heavy atom. The molecule has 6 nitrogen and oxygen atoms in total. The summed E-state index contributed by atoms with van der Waals surface area (Å²) in [6.07, 6.45) is -2.97. The molecule has 3 N–H and O–H groups in total. The summed E-state index contributed by atoms with van der Waals surface area (Å²) in [5.74, 6) is -1.52. The van der Waals surface area contributed by atoms with E-state index in [0.717, 1.165) is 17.0 Å². The molecule has 232 valence electrons. The lowest BCUT2D eigenvalue weighted by Crippen LogP contribution is -2.30. The van der Waals surface area contributed by atoms with Gasteiger partial charge >= 0.3 is 6.18 Å². The molecule has 0 aliphatic carbocycles. The van der Waals surface area contributed by atoms with Crippen LogP contribution in [-0.2, 0) is 15.8 Å². The smallest absolute Gasteiger partial charge is 0.325 e. The van der Waals surface area contributed by atoms with Crippen molar-refractivity contribution in [2.75, 3.05) is 10.6 Å². The molecule has 1 heterocycles. The van der Waals surface area contributed by atoms with Crippen molar-refractivity contribution in [3.63, 3.8) is 0 Å². The highest BCUT2D eigenvalue weighted by Crippen LogP contribution is 2.38. The molecule has 0 radical (unpaired) electrons. The largest absolute Gasteiger partial charge is 0.416 e. The van der Waals surface area contributed by atoms with Crippen LogP contribution in [-0.4, -0.2) is 17.7 Å². The molecular weight excluding hydrogens is 632 g/mol. The molecule has 5 aromatic rings. The monoisotopic (exact) mass is 657 g/mol. The van der Waals surface area contributed by atoms with Gasteiger partial charge in [-0.25, -0.2) is 0 Å². The van der Waals surface area contributed by atoms with Crippen molar-refractivity contribution in [3.8, 4) is 0 Å². The number of thiophene rings is 1. The average molecular weight is 658 g/mol. The van der Waals surface area contributed by atoms with E-state index in [1.165, 1.54) is 35.2 Å². The first-order valence-corrected chi connectivity index (χ1v) is 15.6. The number of amides is 3. The maximum absolute atomic E-state index is 13.5. The standard InChI is InChI=1S/C35H26F3N3O3S2/c36-35(37,38)25-14-7-15-26(20-25)40-34(44)31(23-10-3-1-4-11-23)46-29-17-8-16-27(21-29)39-33(43)30(22-28-18-9-19-45-28)41-32(42)24-12-5-2-6-13-24/h1-22,31H,(H,39,43)(H,40,44)(H,41,42)/b30-22-. The van der Waals surface area contributed by atoms with Gasteiger partial charge < -0.3 is 16.0 Å². The molecule has 0 saturated carbocycles. The summed E-state index contributed by atoms with van der Waals surface area (Å²) in [5.41, 5.74) is 0.621. The molecule has 11 heteroatoms. The minimum absolute atomic E-state index is 0.0185. The highest BCUT2D eigenvalue weighted by Gasteiger charge is 2.31. The van der Waals surface area contributed by atoms with Crippen LogP contribution < -0.4 is 16.0 Å². The van der Waals surface area contributed by atoms with Gasteiger partial charge in [-0.3, -0.25) is 14.4 Å². The molecule has 0 aliphatic heterocycles. The Morgan fingerprint density at radius 2 is 1.41 bits per heavy atom. The highest BCUT2D eigenvalue weighted by molar-refractivity contribution is 8.00. The number of carbonyl (C=O) groups is 3. The van der Waals surface area contributed by atoms with Crippen molar-refractivity contribution in [3.05, 3.63) is 154 Å². The Balaban J connectivity index is 1.35. The Bertz CT molecular complexity index is 1850. The van der Waals surface area contributed by atoms with Crippen LogP contribution in [0.2, 0.25) is 0 Å². The Hall–Kier alpha value is -5.13. The van der Waals surface area contributed by atoms with Crippen LogP contribution in [0.5, 0.6) is 0 Å². The summed E-state index contributed by atoms with van der Waals surface area (Å²) in [6, 6.07) is 32.3. The lowest BCUT2D eigenvalue weighted by atomic mass is 10.1. The molecule has 46 heavy (non-hydrogen) atoms. The van der Waals surface area contributed by atoms with E-state index >= 15 is 0 Å². The SMILES string of the molecule is O=C(Nc1cccc(SC(C(=O)Nc2cccc(C(F)(F)F)c2)c2ccccc2)c1)/C(=C/c1cccs1)NC(=O)c1ccccc1. The highest BCUT2D eigenvalue weighted by atomic mass is 32.2. The summed E-state index contributed by atoms with van der Waals surface area (Å²) in [6.45, 7) is 0. The van der Waals surface area contributed by atoms with Gasteiger partial charge in [-0.2, -0.15) is 13.2 Å². The van der Waals surface area contributed by atoms with Crippen molar-refractivity contribution in [2.45, 2.75) is 16.3 Å². The number of rotatable bonds is 10. The first-order valence-electron chi connectivity index (χ1n) is 13.9.